The summed E-state index contributed by atoms with van der Waals surface area (Å²) in [4.78, 5) is 10.7. The summed E-state index contributed by atoms with van der Waals surface area (Å²) in [5, 5.41) is 8.67. The highest BCUT2D eigenvalue weighted by atomic mass is 19.2. The Morgan fingerprint density at radius 3 is 2.15 bits per heavy atom. The Balaban J connectivity index is 2.35. The molecule has 1 N–H and O–H groups in total. The lowest BCUT2D eigenvalue weighted by Gasteiger charge is -2.48. The Hall–Kier alpha value is -0.670. The number of hydrogen-bond acceptors (Lipinski definition) is 1. The zero-order valence-corrected chi connectivity index (χ0v) is 7.22. The van der Waals surface area contributed by atoms with Crippen molar-refractivity contribution in [1.29, 1.82) is 0 Å². The Bertz CT molecular complexity index is 246. The summed E-state index contributed by atoms with van der Waals surface area (Å²) in [5.41, 5.74) is -4.72. The standard InChI is InChI=1S/C9H12F2O2/c10-8-3-1-6(2-4-8)5-9(8,11)7(12)13/h6H,1-5H2,(H,12,13). The van der Waals surface area contributed by atoms with Gasteiger partial charge in [-0.1, -0.05) is 0 Å². The van der Waals surface area contributed by atoms with Gasteiger partial charge in [0.05, 0.1) is 0 Å². The highest BCUT2D eigenvalue weighted by Crippen LogP contribution is 2.54. The quantitative estimate of drug-likeness (QED) is 0.687. The first-order valence-electron chi connectivity index (χ1n) is 4.59. The number of alkyl halides is 2. The summed E-state index contributed by atoms with van der Waals surface area (Å²) < 4.78 is 27.7. The van der Waals surface area contributed by atoms with Crippen molar-refractivity contribution in [3.05, 3.63) is 0 Å². The van der Waals surface area contributed by atoms with Crippen LogP contribution in [0.2, 0.25) is 0 Å². The molecule has 0 saturated heterocycles. The number of carboxylic acids is 1. The van der Waals surface area contributed by atoms with Crippen molar-refractivity contribution in [2.45, 2.75) is 43.4 Å². The molecule has 3 aliphatic rings. The van der Waals surface area contributed by atoms with E-state index < -0.39 is 17.3 Å². The molecule has 0 aliphatic heterocycles. The van der Waals surface area contributed by atoms with Crippen molar-refractivity contribution in [1.82, 2.24) is 0 Å². The summed E-state index contributed by atoms with van der Waals surface area (Å²) in [7, 11) is 0. The topological polar surface area (TPSA) is 37.3 Å². The van der Waals surface area contributed by atoms with Crippen molar-refractivity contribution >= 4 is 5.97 Å². The molecule has 0 aromatic heterocycles. The number of aliphatic carboxylic acids is 1. The monoisotopic (exact) mass is 190 g/mol. The second-order valence-corrected chi connectivity index (χ2v) is 4.22. The van der Waals surface area contributed by atoms with Gasteiger partial charge < -0.3 is 5.11 Å². The first-order valence-corrected chi connectivity index (χ1v) is 4.59. The smallest absolute Gasteiger partial charge is 0.344 e. The van der Waals surface area contributed by atoms with Gasteiger partial charge in [0.25, 0.3) is 0 Å². The third kappa shape index (κ3) is 1.00. The fourth-order valence-corrected chi connectivity index (χ4v) is 2.60. The van der Waals surface area contributed by atoms with E-state index in [0.717, 1.165) is 0 Å². The predicted octanol–water partition coefficient (Wildman–Crippen LogP) is 2.08. The molecule has 0 heterocycles. The van der Waals surface area contributed by atoms with Gasteiger partial charge in [0, 0.05) is 0 Å². The van der Waals surface area contributed by atoms with Gasteiger partial charge in [-0.2, -0.15) is 0 Å². The number of hydrogen-bond donors (Lipinski definition) is 1. The van der Waals surface area contributed by atoms with Crippen LogP contribution in [0, 0.1) is 5.92 Å². The fraction of sp³-hybridized carbons (Fsp3) is 0.889. The molecule has 4 heteroatoms. The lowest BCUT2D eigenvalue weighted by molar-refractivity contribution is -0.182. The van der Waals surface area contributed by atoms with Crippen LogP contribution in [0.4, 0.5) is 8.78 Å². The maximum atomic E-state index is 13.9. The van der Waals surface area contributed by atoms with Crippen LogP contribution in [0.1, 0.15) is 32.1 Å². The minimum absolute atomic E-state index is 0.0683. The van der Waals surface area contributed by atoms with E-state index in [4.69, 9.17) is 5.11 Å². The highest BCUT2D eigenvalue weighted by molar-refractivity contribution is 5.79. The lowest BCUT2D eigenvalue weighted by atomic mass is 9.61. The Morgan fingerprint density at radius 2 is 1.85 bits per heavy atom. The summed E-state index contributed by atoms with van der Waals surface area (Å²) in [6.07, 6.45) is 1.27. The minimum atomic E-state index is -2.62. The molecule has 1 atom stereocenters. The molecule has 0 aromatic rings. The molecular formula is C9H12F2O2. The van der Waals surface area contributed by atoms with Gasteiger partial charge in [-0.3, -0.25) is 0 Å². The van der Waals surface area contributed by atoms with Gasteiger partial charge in [0.15, 0.2) is 5.67 Å². The number of rotatable bonds is 1. The molecule has 3 rings (SSSR count). The summed E-state index contributed by atoms with van der Waals surface area (Å²) >= 11 is 0. The van der Waals surface area contributed by atoms with E-state index in [0.29, 0.717) is 12.8 Å². The number of carboxylic acid groups (broad SMARTS) is 1. The molecule has 0 radical (unpaired) electrons. The van der Waals surface area contributed by atoms with E-state index >= 15 is 0 Å². The molecule has 0 aromatic carbocycles. The van der Waals surface area contributed by atoms with Gasteiger partial charge in [0.1, 0.15) is 0 Å². The Labute approximate surface area is 74.9 Å². The van der Waals surface area contributed by atoms with E-state index in [2.05, 4.69) is 0 Å². The van der Waals surface area contributed by atoms with Crippen molar-refractivity contribution in [3.8, 4) is 0 Å². The van der Waals surface area contributed by atoms with Crippen LogP contribution in [0.3, 0.4) is 0 Å². The van der Waals surface area contributed by atoms with Crippen LogP contribution < -0.4 is 0 Å². The molecule has 3 fully saturated rings. The van der Waals surface area contributed by atoms with E-state index in [1.807, 2.05) is 0 Å². The zero-order chi connectivity index (χ0) is 9.69. The van der Waals surface area contributed by atoms with Crippen LogP contribution >= 0.6 is 0 Å². The summed E-state index contributed by atoms with van der Waals surface area (Å²) in [6.45, 7) is 0. The second-order valence-electron chi connectivity index (χ2n) is 4.22. The van der Waals surface area contributed by atoms with E-state index in [1.54, 1.807) is 0 Å². The molecule has 3 aliphatic carbocycles. The van der Waals surface area contributed by atoms with Crippen LogP contribution in [0.25, 0.3) is 0 Å². The second kappa shape index (κ2) is 2.42. The largest absolute Gasteiger partial charge is 0.479 e. The van der Waals surface area contributed by atoms with Crippen LogP contribution in [0.5, 0.6) is 0 Å². The van der Waals surface area contributed by atoms with E-state index in [1.165, 1.54) is 0 Å². The number of fused-ring (bicyclic) bond motifs is 3. The average Bonchev–Trinajstić information content (AvgIpc) is 2.07. The maximum absolute atomic E-state index is 13.9. The van der Waals surface area contributed by atoms with Crippen LogP contribution in [-0.2, 0) is 4.79 Å². The zero-order valence-electron chi connectivity index (χ0n) is 7.22. The van der Waals surface area contributed by atoms with Crippen molar-refractivity contribution in [3.63, 3.8) is 0 Å². The number of halogens is 2. The number of carbonyl (C=O) groups is 1. The van der Waals surface area contributed by atoms with Crippen molar-refractivity contribution in [2.24, 2.45) is 5.92 Å². The van der Waals surface area contributed by atoms with E-state index in [-0.39, 0.29) is 25.2 Å². The molecule has 2 nitrogen and oxygen atoms in total. The molecule has 2 bridgehead atoms. The SMILES string of the molecule is O=C(O)C1(F)CC2CCC1(F)CC2. The molecule has 0 amide bonds. The van der Waals surface area contributed by atoms with Crippen LogP contribution in [0.15, 0.2) is 0 Å². The van der Waals surface area contributed by atoms with Gasteiger partial charge in [-0.15, -0.1) is 0 Å². The van der Waals surface area contributed by atoms with Gasteiger partial charge in [-0.05, 0) is 38.0 Å². The van der Waals surface area contributed by atoms with Gasteiger partial charge in [-0.25, -0.2) is 13.6 Å². The molecule has 74 valence electrons. The summed E-state index contributed by atoms with van der Waals surface area (Å²) in [6, 6.07) is 0. The minimum Gasteiger partial charge on any atom is -0.479 e. The van der Waals surface area contributed by atoms with Crippen LogP contribution in [-0.4, -0.2) is 22.4 Å². The maximum Gasteiger partial charge on any atom is 0.344 e. The molecule has 1 unspecified atom stereocenters. The Morgan fingerprint density at radius 1 is 1.31 bits per heavy atom. The summed E-state index contributed by atoms with van der Waals surface area (Å²) in [5.74, 6) is -1.56. The molecule has 3 saturated carbocycles. The third-order valence-electron chi connectivity index (χ3n) is 3.52. The van der Waals surface area contributed by atoms with Crippen molar-refractivity contribution < 1.29 is 18.7 Å². The molecule has 13 heavy (non-hydrogen) atoms. The lowest BCUT2D eigenvalue weighted by Crippen LogP contribution is -2.60. The predicted molar refractivity (Wildman–Crippen MR) is 41.9 cm³/mol. The van der Waals surface area contributed by atoms with Crippen molar-refractivity contribution in [2.75, 3.05) is 0 Å². The highest BCUT2D eigenvalue weighted by Gasteiger charge is 2.64. The molecule has 0 spiro atoms. The molecular weight excluding hydrogens is 178 g/mol. The van der Waals surface area contributed by atoms with Gasteiger partial charge in [0.2, 0.25) is 5.67 Å². The third-order valence-corrected chi connectivity index (χ3v) is 3.52. The first-order chi connectivity index (χ1) is 5.98. The van der Waals surface area contributed by atoms with E-state index in [9.17, 15) is 13.6 Å². The normalized spacial score (nSPS) is 49.2. The van der Waals surface area contributed by atoms with Gasteiger partial charge >= 0.3 is 5.97 Å². The Kier molecular flexibility index (Phi) is 1.66. The fourth-order valence-electron chi connectivity index (χ4n) is 2.60. The first kappa shape index (κ1) is 8.91. The average molecular weight is 190 g/mol.